The van der Waals surface area contributed by atoms with E-state index in [0.29, 0.717) is 6.07 Å². The summed E-state index contributed by atoms with van der Waals surface area (Å²) in [6, 6.07) is 8.93. The third kappa shape index (κ3) is 8.56. The van der Waals surface area contributed by atoms with Crippen LogP contribution in [0.25, 0.3) is 0 Å². The molecule has 1 aromatic heterocycles. The molecule has 212 valence electrons. The average Bonchev–Trinajstić information content (AvgIpc) is 3.34. The summed E-state index contributed by atoms with van der Waals surface area (Å²) in [6.07, 6.45) is -2.91. The highest BCUT2D eigenvalue weighted by Gasteiger charge is 2.35. The van der Waals surface area contributed by atoms with Gasteiger partial charge in [0.1, 0.15) is 30.1 Å². The summed E-state index contributed by atoms with van der Waals surface area (Å²) in [4.78, 5) is 29.2. The first-order chi connectivity index (χ1) is 18.9. The molecule has 0 saturated heterocycles. The van der Waals surface area contributed by atoms with E-state index in [0.717, 1.165) is 24.7 Å². The predicted molar refractivity (Wildman–Crippen MR) is 136 cm³/mol. The first-order valence-electron chi connectivity index (χ1n) is 11.6. The van der Waals surface area contributed by atoms with Gasteiger partial charge >= 0.3 is 6.01 Å². The van der Waals surface area contributed by atoms with E-state index in [4.69, 9.17) is 4.42 Å². The van der Waals surface area contributed by atoms with Crippen LogP contribution >= 0.6 is 0 Å². The largest absolute Gasteiger partial charge is 0.431 e. The second-order valence-electron chi connectivity index (χ2n) is 8.76. The number of amides is 2. The summed E-state index contributed by atoms with van der Waals surface area (Å²) < 4.78 is 57.3. The molecular formula is C25H25F2N5O7S. The topological polar surface area (TPSA) is 195 Å². The van der Waals surface area contributed by atoms with Crippen LogP contribution in [0.1, 0.15) is 32.8 Å². The van der Waals surface area contributed by atoms with Crippen molar-refractivity contribution < 1.29 is 41.4 Å². The Bertz CT molecular complexity index is 1470. The number of nitrogens with one attached hydrogen (secondary N) is 3. The molecule has 0 aliphatic rings. The lowest BCUT2D eigenvalue weighted by atomic mass is 9.92. The van der Waals surface area contributed by atoms with Gasteiger partial charge in [-0.25, -0.2) is 21.9 Å². The van der Waals surface area contributed by atoms with Crippen molar-refractivity contribution in [2.45, 2.75) is 37.1 Å². The fourth-order valence-electron chi connectivity index (χ4n) is 3.74. The Morgan fingerprint density at radius 3 is 2.23 bits per heavy atom. The number of aliphatic hydroxyl groups is 2. The number of hydrogen-bond donors (Lipinski definition) is 5. The maximum absolute atomic E-state index is 13.8. The Kier molecular flexibility index (Phi) is 9.88. The van der Waals surface area contributed by atoms with Gasteiger partial charge in [-0.05, 0) is 36.2 Å². The van der Waals surface area contributed by atoms with Crippen molar-refractivity contribution in [2.75, 3.05) is 11.0 Å². The summed E-state index contributed by atoms with van der Waals surface area (Å²) in [5.41, 5.74) is -0.204. The number of nitrogens with zero attached hydrogens (tertiary/aromatic N) is 2. The minimum absolute atomic E-state index is 0.00112. The van der Waals surface area contributed by atoms with Crippen LogP contribution in [-0.4, -0.2) is 66.0 Å². The van der Waals surface area contributed by atoms with Gasteiger partial charge in [0.05, 0.1) is 30.8 Å². The van der Waals surface area contributed by atoms with Crippen LogP contribution in [-0.2, 0) is 16.4 Å². The van der Waals surface area contributed by atoms with Crippen LogP contribution in [0.5, 0.6) is 0 Å². The number of halogens is 2. The number of aromatic nitrogens is 1. The molecule has 0 unspecified atom stereocenters. The normalized spacial score (nSPS) is 14.3. The summed E-state index contributed by atoms with van der Waals surface area (Å²) >= 11 is 0. The summed E-state index contributed by atoms with van der Waals surface area (Å²) in [6.45, 7) is 0. The van der Waals surface area contributed by atoms with E-state index in [1.807, 2.05) is 4.72 Å². The fourth-order valence-corrected chi connectivity index (χ4v) is 4.15. The molecular weight excluding hydrogens is 552 g/mol. The highest BCUT2D eigenvalue weighted by atomic mass is 32.2. The molecule has 15 heteroatoms. The molecule has 12 nitrogen and oxygen atoms in total. The van der Waals surface area contributed by atoms with Crippen molar-refractivity contribution in [3.05, 3.63) is 83.2 Å². The van der Waals surface area contributed by atoms with Gasteiger partial charge in [0, 0.05) is 11.6 Å². The first kappa shape index (κ1) is 30.2. The standard InChI is InChI=1S/C25H25F2N5O7S/c1-40(37,38)32-25-31-20(13-39-25)24(36)30-19(11-14-9-16(26)12-17(27)10-14)22(34)21(33)18(7-8-28)29-23(35)15-5-3-2-4-6-15/h2-6,9-10,12-13,18-19,21-22,33-34H,7,11H2,1H3,(H,29,35)(H,30,36)(H,31,32)/t18-,19+,21-,22-/m1/s1. The zero-order valence-corrected chi connectivity index (χ0v) is 21.7. The monoisotopic (exact) mass is 577 g/mol. The Labute approximate surface area is 227 Å². The number of nitriles is 1. The van der Waals surface area contributed by atoms with Gasteiger partial charge in [0.15, 0.2) is 5.69 Å². The highest BCUT2D eigenvalue weighted by molar-refractivity contribution is 7.91. The summed E-state index contributed by atoms with van der Waals surface area (Å²) in [5, 5.41) is 36.1. The van der Waals surface area contributed by atoms with Crippen LogP contribution in [0.3, 0.4) is 0 Å². The van der Waals surface area contributed by atoms with Crippen LogP contribution in [0.4, 0.5) is 14.8 Å². The number of hydrogen-bond acceptors (Lipinski definition) is 9. The summed E-state index contributed by atoms with van der Waals surface area (Å²) in [7, 11) is -3.77. The Morgan fingerprint density at radius 2 is 1.62 bits per heavy atom. The van der Waals surface area contributed by atoms with Crippen LogP contribution in [0, 0.1) is 23.0 Å². The van der Waals surface area contributed by atoms with E-state index in [2.05, 4.69) is 15.6 Å². The van der Waals surface area contributed by atoms with Crippen molar-refractivity contribution in [1.29, 1.82) is 5.26 Å². The van der Waals surface area contributed by atoms with Gasteiger partial charge in [0.25, 0.3) is 11.8 Å². The molecule has 1 heterocycles. The van der Waals surface area contributed by atoms with Gasteiger partial charge < -0.3 is 25.3 Å². The molecule has 2 aromatic carbocycles. The highest BCUT2D eigenvalue weighted by Crippen LogP contribution is 2.17. The molecule has 0 saturated carbocycles. The Hall–Kier alpha value is -4.39. The fraction of sp³-hybridized carbons (Fsp3) is 0.280. The number of oxazole rings is 1. The lowest BCUT2D eigenvalue weighted by Crippen LogP contribution is -2.56. The molecule has 0 aliphatic heterocycles. The zero-order valence-electron chi connectivity index (χ0n) is 20.9. The number of carbonyl (C=O) groups excluding carboxylic acids is 2. The quantitative estimate of drug-likeness (QED) is 0.209. The first-order valence-corrected chi connectivity index (χ1v) is 13.5. The minimum Gasteiger partial charge on any atom is -0.431 e. The maximum atomic E-state index is 13.8. The third-order valence-electron chi connectivity index (χ3n) is 5.54. The number of aliphatic hydroxyl groups excluding tert-OH is 2. The van der Waals surface area contributed by atoms with Crippen molar-refractivity contribution in [3.63, 3.8) is 0 Å². The lowest BCUT2D eigenvalue weighted by Gasteiger charge is -2.32. The van der Waals surface area contributed by atoms with Crippen molar-refractivity contribution in [1.82, 2.24) is 15.6 Å². The van der Waals surface area contributed by atoms with Crippen LogP contribution in [0.2, 0.25) is 0 Å². The van der Waals surface area contributed by atoms with Gasteiger partial charge in [0.2, 0.25) is 10.0 Å². The molecule has 2 amide bonds. The molecule has 3 aromatic rings. The van der Waals surface area contributed by atoms with E-state index < -0.39 is 82.3 Å². The molecule has 0 bridgehead atoms. The second-order valence-corrected chi connectivity index (χ2v) is 10.5. The number of rotatable bonds is 12. The molecule has 40 heavy (non-hydrogen) atoms. The lowest BCUT2D eigenvalue weighted by molar-refractivity contribution is -0.0212. The molecule has 3 rings (SSSR count). The molecule has 0 spiro atoms. The van der Waals surface area contributed by atoms with Crippen LogP contribution < -0.4 is 15.4 Å². The van der Waals surface area contributed by atoms with Crippen molar-refractivity contribution in [3.8, 4) is 6.07 Å². The predicted octanol–water partition coefficient (Wildman–Crippen LogP) is 1.10. The SMILES string of the molecule is CS(=O)(=O)Nc1nc(C(=O)N[C@@H](Cc2cc(F)cc(F)c2)[C@@H](O)[C@H](O)[C@@H](CC#N)NC(=O)c2ccccc2)co1. The van der Waals surface area contributed by atoms with E-state index in [-0.39, 0.29) is 11.1 Å². The summed E-state index contributed by atoms with van der Waals surface area (Å²) in [5.74, 6) is -3.50. The van der Waals surface area contributed by atoms with Gasteiger partial charge in [-0.15, -0.1) is 0 Å². The smallest absolute Gasteiger partial charge is 0.309 e. The van der Waals surface area contributed by atoms with Gasteiger partial charge in [-0.3, -0.25) is 9.59 Å². The maximum Gasteiger partial charge on any atom is 0.309 e. The zero-order chi connectivity index (χ0) is 29.4. The number of anilines is 1. The number of benzene rings is 2. The Morgan fingerprint density at radius 1 is 1.02 bits per heavy atom. The third-order valence-corrected chi connectivity index (χ3v) is 6.09. The van der Waals surface area contributed by atoms with Crippen molar-refractivity contribution >= 4 is 27.9 Å². The molecule has 0 aliphatic carbocycles. The van der Waals surface area contributed by atoms with Gasteiger partial charge in [-0.1, -0.05) is 18.2 Å². The molecule has 0 radical (unpaired) electrons. The van der Waals surface area contributed by atoms with Gasteiger partial charge in [-0.2, -0.15) is 10.2 Å². The van der Waals surface area contributed by atoms with E-state index >= 15 is 0 Å². The van der Waals surface area contributed by atoms with E-state index in [9.17, 15) is 42.3 Å². The molecule has 0 fully saturated rings. The van der Waals surface area contributed by atoms with Crippen molar-refractivity contribution in [2.24, 2.45) is 0 Å². The molecule has 5 N–H and O–H groups in total. The van der Waals surface area contributed by atoms with E-state index in [1.54, 1.807) is 24.3 Å². The van der Waals surface area contributed by atoms with E-state index in [1.165, 1.54) is 12.1 Å². The minimum atomic E-state index is -3.77. The average molecular weight is 578 g/mol. The second kappa shape index (κ2) is 13.1. The van der Waals surface area contributed by atoms with Crippen LogP contribution in [0.15, 0.2) is 59.2 Å². The molecule has 4 atom stereocenters. The number of sulfonamides is 1. The number of carbonyl (C=O) groups is 2. The Balaban J connectivity index is 1.86.